The van der Waals surface area contributed by atoms with Crippen molar-refractivity contribution in [3.05, 3.63) is 0 Å². The molecular weight excluding hydrogens is 174 g/mol. The summed E-state index contributed by atoms with van der Waals surface area (Å²) in [6, 6.07) is 0.810. The first kappa shape index (κ1) is 12.1. The van der Waals surface area contributed by atoms with Gasteiger partial charge in [0.1, 0.15) is 0 Å². The van der Waals surface area contributed by atoms with Crippen molar-refractivity contribution in [2.75, 3.05) is 34.4 Å². The molecule has 0 atom stereocenters. The first-order valence-corrected chi connectivity index (χ1v) is 6.04. The molecule has 0 aromatic rings. The topological polar surface area (TPSA) is 39.7 Å². The van der Waals surface area contributed by atoms with Crippen LogP contribution in [0.3, 0.4) is 0 Å². The van der Waals surface area contributed by atoms with Crippen molar-refractivity contribution in [3.8, 4) is 0 Å². The van der Waals surface area contributed by atoms with Crippen LogP contribution >= 0.6 is 0 Å². The highest BCUT2D eigenvalue weighted by Crippen LogP contribution is 2.10. The van der Waals surface area contributed by atoms with Crippen molar-refractivity contribution in [2.45, 2.75) is 13.0 Å². The van der Waals surface area contributed by atoms with E-state index in [-0.39, 0.29) is 0 Å². The molecule has 0 unspecified atom stereocenters. The van der Waals surface area contributed by atoms with E-state index < -0.39 is 8.80 Å². The van der Waals surface area contributed by atoms with Crippen LogP contribution in [0.2, 0.25) is 6.04 Å². The summed E-state index contributed by atoms with van der Waals surface area (Å²) in [6.07, 6.45) is 0. The summed E-state index contributed by atoms with van der Waals surface area (Å²) in [7, 11) is 2.57. The quantitative estimate of drug-likeness (QED) is 0.471. The molecule has 0 fully saturated rings. The van der Waals surface area contributed by atoms with Crippen molar-refractivity contribution in [3.63, 3.8) is 0 Å². The lowest BCUT2D eigenvalue weighted by Gasteiger charge is -2.24. The summed E-state index contributed by atoms with van der Waals surface area (Å²) in [5, 5.41) is 3.20. The molecule has 0 amide bonds. The van der Waals surface area contributed by atoms with Crippen LogP contribution in [0.1, 0.15) is 6.92 Å². The molecular formula is C7H19NO3Si. The van der Waals surface area contributed by atoms with E-state index in [2.05, 4.69) is 12.2 Å². The lowest BCUT2D eigenvalue weighted by atomic mass is 10.7. The molecule has 74 valence electrons. The summed E-state index contributed by atoms with van der Waals surface area (Å²) in [5.74, 6) is 0. The molecule has 0 spiro atoms. The lowest BCUT2D eigenvalue weighted by molar-refractivity contribution is 0.123. The number of nitrogens with one attached hydrogen (secondary N) is 1. The highest BCUT2D eigenvalue weighted by molar-refractivity contribution is 6.60. The van der Waals surface area contributed by atoms with Crippen LogP contribution in [-0.4, -0.2) is 43.2 Å². The number of hydrogen-bond donors (Lipinski definition) is 1. The smallest absolute Gasteiger partial charge is 0.377 e. The molecule has 1 N–H and O–H groups in total. The van der Waals surface area contributed by atoms with E-state index >= 15 is 0 Å². The van der Waals surface area contributed by atoms with Gasteiger partial charge in [0.05, 0.1) is 0 Å². The van der Waals surface area contributed by atoms with Gasteiger partial charge in [0.15, 0.2) is 0 Å². The molecule has 4 nitrogen and oxygen atoms in total. The van der Waals surface area contributed by atoms with Gasteiger partial charge in [0.25, 0.3) is 0 Å². The molecule has 0 bridgehead atoms. The Morgan fingerprint density at radius 3 is 1.92 bits per heavy atom. The van der Waals surface area contributed by atoms with E-state index in [0.29, 0.717) is 0 Å². The fourth-order valence-corrected chi connectivity index (χ4v) is 2.57. The molecule has 0 aliphatic rings. The van der Waals surface area contributed by atoms with E-state index in [1.807, 2.05) is 0 Å². The van der Waals surface area contributed by atoms with Crippen molar-refractivity contribution < 1.29 is 13.3 Å². The zero-order valence-electron chi connectivity index (χ0n) is 8.35. The molecule has 0 heterocycles. The Balaban J connectivity index is 3.76. The van der Waals surface area contributed by atoms with Crippen LogP contribution < -0.4 is 5.32 Å². The first-order chi connectivity index (χ1) is 5.74. The normalized spacial score (nSPS) is 12.0. The minimum absolute atomic E-state index is 0.810. The van der Waals surface area contributed by atoms with Crippen LogP contribution in [0, 0.1) is 0 Å². The van der Waals surface area contributed by atoms with E-state index in [0.717, 1.165) is 19.1 Å². The second kappa shape index (κ2) is 6.56. The summed E-state index contributed by atoms with van der Waals surface area (Å²) in [5.41, 5.74) is 0. The van der Waals surface area contributed by atoms with Gasteiger partial charge >= 0.3 is 8.80 Å². The highest BCUT2D eigenvalue weighted by atomic mass is 28.4. The molecule has 0 aromatic carbocycles. The fourth-order valence-electron chi connectivity index (χ4n) is 0.974. The van der Waals surface area contributed by atoms with Crippen LogP contribution in [0.15, 0.2) is 0 Å². The molecule has 0 aliphatic carbocycles. The second-order valence-corrected chi connectivity index (χ2v) is 5.49. The molecule has 0 saturated heterocycles. The highest BCUT2D eigenvalue weighted by Gasteiger charge is 2.36. The summed E-state index contributed by atoms with van der Waals surface area (Å²) >= 11 is 0. The van der Waals surface area contributed by atoms with Gasteiger partial charge in [-0.15, -0.1) is 0 Å². The molecule has 0 radical (unpaired) electrons. The average molecular weight is 193 g/mol. The molecule has 5 heteroatoms. The Kier molecular flexibility index (Phi) is 6.59. The van der Waals surface area contributed by atoms with Gasteiger partial charge in [0, 0.05) is 27.4 Å². The van der Waals surface area contributed by atoms with Crippen LogP contribution in [-0.2, 0) is 13.3 Å². The third kappa shape index (κ3) is 3.64. The van der Waals surface area contributed by atoms with Gasteiger partial charge in [-0.25, -0.2) is 0 Å². The average Bonchev–Trinajstić information content (AvgIpc) is 2.14. The van der Waals surface area contributed by atoms with E-state index in [1.165, 1.54) is 0 Å². The molecule has 12 heavy (non-hydrogen) atoms. The lowest BCUT2D eigenvalue weighted by Crippen LogP contribution is -2.44. The second-order valence-electron chi connectivity index (χ2n) is 2.40. The van der Waals surface area contributed by atoms with Gasteiger partial charge < -0.3 is 18.6 Å². The molecule has 0 saturated carbocycles. The van der Waals surface area contributed by atoms with Gasteiger partial charge in [0.2, 0.25) is 0 Å². The van der Waals surface area contributed by atoms with Crippen LogP contribution in [0.4, 0.5) is 0 Å². The van der Waals surface area contributed by atoms with Crippen LogP contribution in [0.25, 0.3) is 0 Å². The van der Waals surface area contributed by atoms with E-state index in [9.17, 15) is 0 Å². The zero-order chi connectivity index (χ0) is 9.45. The fraction of sp³-hybridized carbons (Fsp3) is 1.00. The minimum Gasteiger partial charge on any atom is -0.377 e. The summed E-state index contributed by atoms with van der Waals surface area (Å²) in [4.78, 5) is 0. The van der Waals surface area contributed by atoms with Gasteiger partial charge in [-0.2, -0.15) is 0 Å². The van der Waals surface area contributed by atoms with Crippen molar-refractivity contribution >= 4 is 8.80 Å². The maximum absolute atomic E-state index is 5.24. The van der Waals surface area contributed by atoms with Gasteiger partial charge in [-0.3, -0.25) is 0 Å². The summed E-state index contributed by atoms with van der Waals surface area (Å²) < 4.78 is 15.7. The number of rotatable bonds is 7. The maximum atomic E-state index is 5.24. The van der Waals surface area contributed by atoms with E-state index in [1.54, 1.807) is 21.3 Å². The van der Waals surface area contributed by atoms with Gasteiger partial charge in [-0.1, -0.05) is 6.92 Å². The maximum Gasteiger partial charge on any atom is 0.501 e. The predicted octanol–water partition coefficient (Wildman–Crippen LogP) is 0.474. The zero-order valence-corrected chi connectivity index (χ0v) is 9.35. The Morgan fingerprint density at radius 2 is 1.58 bits per heavy atom. The third-order valence-corrected chi connectivity index (χ3v) is 4.52. The van der Waals surface area contributed by atoms with E-state index in [4.69, 9.17) is 13.3 Å². The molecule has 0 rings (SSSR count). The Hall–Kier alpha value is 0.0569. The monoisotopic (exact) mass is 193 g/mol. The SMILES string of the molecule is CCNCC[Si](OC)(OC)OC. The van der Waals surface area contributed by atoms with Gasteiger partial charge in [-0.05, 0) is 13.1 Å². The first-order valence-electron chi connectivity index (χ1n) is 4.10. The Bertz CT molecular complexity index is 101. The largest absolute Gasteiger partial charge is 0.501 e. The Morgan fingerprint density at radius 1 is 1.08 bits per heavy atom. The summed E-state index contributed by atoms with van der Waals surface area (Å²) in [6.45, 7) is 3.90. The van der Waals surface area contributed by atoms with Crippen molar-refractivity contribution in [2.24, 2.45) is 0 Å². The third-order valence-electron chi connectivity index (χ3n) is 1.79. The molecule has 0 aromatic heterocycles. The molecule has 0 aliphatic heterocycles. The predicted molar refractivity (Wildman–Crippen MR) is 50.1 cm³/mol. The number of hydrogen-bond acceptors (Lipinski definition) is 4. The standard InChI is InChI=1S/C7H19NO3Si/c1-5-8-6-7-12(9-2,10-3)11-4/h8H,5-7H2,1-4H3. The van der Waals surface area contributed by atoms with Crippen molar-refractivity contribution in [1.82, 2.24) is 5.32 Å². The Labute approximate surface area is 75.6 Å². The minimum atomic E-state index is -2.32. The van der Waals surface area contributed by atoms with Crippen LogP contribution in [0.5, 0.6) is 0 Å². The van der Waals surface area contributed by atoms with Crippen molar-refractivity contribution in [1.29, 1.82) is 0 Å².